The number of benzene rings is 1. The molecule has 0 spiro atoms. The van der Waals surface area contributed by atoms with Gasteiger partial charge < -0.3 is 0 Å². The molecule has 104 valence electrons. The van der Waals surface area contributed by atoms with Crippen molar-refractivity contribution >= 4 is 17.4 Å². The normalized spacial score (nSPS) is 24.4. The summed E-state index contributed by atoms with van der Waals surface area (Å²) in [7, 11) is 0. The van der Waals surface area contributed by atoms with E-state index in [1.54, 1.807) is 0 Å². The highest BCUT2D eigenvalue weighted by Crippen LogP contribution is 2.23. The molecule has 0 saturated carbocycles. The van der Waals surface area contributed by atoms with Gasteiger partial charge in [-0.1, -0.05) is 37.1 Å². The molecule has 1 aliphatic rings. The number of piperidine rings is 1. The summed E-state index contributed by atoms with van der Waals surface area (Å²) >= 11 is 6.13. The second-order valence-corrected chi connectivity index (χ2v) is 6.45. The molecule has 3 heteroatoms. The molecule has 1 heterocycles. The third-order valence-electron chi connectivity index (χ3n) is 3.73. The molecule has 0 N–H and O–H groups in total. The number of carbonyl (C=O) groups excluding carboxylic acids is 1. The van der Waals surface area contributed by atoms with Crippen LogP contribution in [0.1, 0.15) is 36.2 Å². The van der Waals surface area contributed by atoms with Gasteiger partial charge in [-0.15, -0.1) is 0 Å². The van der Waals surface area contributed by atoms with Crippen molar-refractivity contribution in [2.24, 2.45) is 11.8 Å². The minimum atomic E-state index is 0.134. The molecule has 0 bridgehead atoms. The molecule has 1 saturated heterocycles. The van der Waals surface area contributed by atoms with Gasteiger partial charge >= 0.3 is 0 Å². The molecule has 1 aromatic carbocycles. The first-order valence-electron chi connectivity index (χ1n) is 6.97. The highest BCUT2D eigenvalue weighted by atomic mass is 35.5. The molecular formula is C16H22ClNO. The molecule has 1 aliphatic heterocycles. The Kier molecular flexibility index (Phi) is 4.64. The van der Waals surface area contributed by atoms with E-state index >= 15 is 0 Å². The maximum atomic E-state index is 12.4. The average molecular weight is 280 g/mol. The van der Waals surface area contributed by atoms with Gasteiger partial charge in [0.1, 0.15) is 0 Å². The lowest BCUT2D eigenvalue weighted by Gasteiger charge is -2.34. The lowest BCUT2D eigenvalue weighted by molar-refractivity contribution is 0.0849. The SMILES string of the molecule is Cc1ccc(Cl)c(C(=O)CN2CC(C)CC(C)C2)c1. The van der Waals surface area contributed by atoms with E-state index in [-0.39, 0.29) is 5.78 Å². The predicted molar refractivity (Wildman–Crippen MR) is 79.9 cm³/mol. The van der Waals surface area contributed by atoms with Gasteiger partial charge in [0.05, 0.1) is 11.6 Å². The minimum absolute atomic E-state index is 0.134. The van der Waals surface area contributed by atoms with Crippen LogP contribution in [0.2, 0.25) is 5.02 Å². The average Bonchev–Trinajstić information content (AvgIpc) is 2.30. The number of halogens is 1. The van der Waals surface area contributed by atoms with Crippen molar-refractivity contribution in [1.29, 1.82) is 0 Å². The van der Waals surface area contributed by atoms with Crippen molar-refractivity contribution in [3.63, 3.8) is 0 Å². The van der Waals surface area contributed by atoms with Crippen LogP contribution >= 0.6 is 11.6 Å². The Morgan fingerprint density at radius 1 is 1.32 bits per heavy atom. The van der Waals surface area contributed by atoms with E-state index in [4.69, 9.17) is 11.6 Å². The quantitative estimate of drug-likeness (QED) is 0.784. The lowest BCUT2D eigenvalue weighted by Crippen LogP contribution is -2.41. The number of ketones is 1. The van der Waals surface area contributed by atoms with Crippen molar-refractivity contribution in [1.82, 2.24) is 4.90 Å². The Balaban J connectivity index is 2.06. The Bertz CT molecular complexity index is 462. The molecule has 0 radical (unpaired) electrons. The van der Waals surface area contributed by atoms with Crippen molar-refractivity contribution in [3.8, 4) is 0 Å². The fourth-order valence-corrected chi connectivity index (χ4v) is 3.29. The van der Waals surface area contributed by atoms with Gasteiger partial charge in [-0.05, 0) is 37.3 Å². The molecule has 0 aliphatic carbocycles. The van der Waals surface area contributed by atoms with Gasteiger partial charge in [0.15, 0.2) is 5.78 Å². The first-order valence-corrected chi connectivity index (χ1v) is 7.35. The van der Waals surface area contributed by atoms with E-state index in [2.05, 4.69) is 18.7 Å². The molecular weight excluding hydrogens is 258 g/mol. The zero-order valence-electron chi connectivity index (χ0n) is 11.9. The van der Waals surface area contributed by atoms with Crippen LogP contribution in [0.25, 0.3) is 0 Å². The molecule has 0 amide bonds. The van der Waals surface area contributed by atoms with Crippen molar-refractivity contribution in [3.05, 3.63) is 34.3 Å². The first-order chi connectivity index (χ1) is 8.95. The molecule has 2 unspecified atom stereocenters. The fraction of sp³-hybridized carbons (Fsp3) is 0.562. The lowest BCUT2D eigenvalue weighted by atomic mass is 9.91. The number of rotatable bonds is 3. The van der Waals surface area contributed by atoms with Crippen LogP contribution in [0.15, 0.2) is 18.2 Å². The van der Waals surface area contributed by atoms with Crippen molar-refractivity contribution in [2.75, 3.05) is 19.6 Å². The number of aryl methyl sites for hydroxylation is 1. The number of carbonyl (C=O) groups is 1. The zero-order chi connectivity index (χ0) is 14.0. The Hall–Kier alpha value is -0.860. The summed E-state index contributed by atoms with van der Waals surface area (Å²) in [6.07, 6.45) is 1.26. The van der Waals surface area contributed by atoms with Crippen LogP contribution in [0, 0.1) is 18.8 Å². The smallest absolute Gasteiger partial charge is 0.178 e. The van der Waals surface area contributed by atoms with E-state index in [0.717, 1.165) is 18.7 Å². The molecule has 2 atom stereocenters. The second kappa shape index (κ2) is 6.06. The Morgan fingerprint density at radius 3 is 2.58 bits per heavy atom. The molecule has 19 heavy (non-hydrogen) atoms. The van der Waals surface area contributed by atoms with E-state index in [0.29, 0.717) is 29.0 Å². The van der Waals surface area contributed by atoms with Crippen LogP contribution < -0.4 is 0 Å². The van der Waals surface area contributed by atoms with E-state index in [1.165, 1.54) is 6.42 Å². The van der Waals surface area contributed by atoms with Crippen LogP contribution in [0.5, 0.6) is 0 Å². The van der Waals surface area contributed by atoms with E-state index < -0.39 is 0 Å². The number of hydrogen-bond acceptors (Lipinski definition) is 2. The third-order valence-corrected chi connectivity index (χ3v) is 4.06. The summed E-state index contributed by atoms with van der Waals surface area (Å²) in [5, 5.41) is 0.564. The van der Waals surface area contributed by atoms with Gasteiger partial charge in [-0.2, -0.15) is 0 Å². The molecule has 2 nitrogen and oxygen atoms in total. The summed E-state index contributed by atoms with van der Waals surface area (Å²) in [4.78, 5) is 14.6. The fourth-order valence-electron chi connectivity index (χ4n) is 3.06. The highest BCUT2D eigenvalue weighted by Gasteiger charge is 2.24. The van der Waals surface area contributed by atoms with E-state index in [1.807, 2.05) is 25.1 Å². The molecule has 2 rings (SSSR count). The second-order valence-electron chi connectivity index (χ2n) is 6.05. The summed E-state index contributed by atoms with van der Waals surface area (Å²) in [6, 6.07) is 5.64. The Morgan fingerprint density at radius 2 is 1.95 bits per heavy atom. The topological polar surface area (TPSA) is 20.3 Å². The highest BCUT2D eigenvalue weighted by molar-refractivity contribution is 6.34. The number of Topliss-reactive ketones (excluding diaryl/α,β-unsaturated/α-hetero) is 1. The molecule has 1 aromatic rings. The van der Waals surface area contributed by atoms with Crippen LogP contribution in [-0.2, 0) is 0 Å². The largest absolute Gasteiger partial charge is 0.295 e. The third kappa shape index (κ3) is 3.80. The summed E-state index contributed by atoms with van der Waals surface area (Å²) in [5.41, 5.74) is 1.74. The maximum Gasteiger partial charge on any atom is 0.178 e. The van der Waals surface area contributed by atoms with Crippen molar-refractivity contribution < 1.29 is 4.79 Å². The van der Waals surface area contributed by atoms with Crippen molar-refractivity contribution in [2.45, 2.75) is 27.2 Å². The Labute approximate surface area is 120 Å². The first kappa shape index (κ1) is 14.5. The van der Waals surface area contributed by atoms with Gasteiger partial charge in [-0.25, -0.2) is 0 Å². The molecule has 0 aromatic heterocycles. The molecule has 1 fully saturated rings. The maximum absolute atomic E-state index is 12.4. The minimum Gasteiger partial charge on any atom is -0.295 e. The zero-order valence-corrected chi connectivity index (χ0v) is 12.7. The van der Waals surface area contributed by atoms with Gasteiger partial charge in [-0.3, -0.25) is 9.69 Å². The number of nitrogens with zero attached hydrogens (tertiary/aromatic N) is 1. The van der Waals surface area contributed by atoms with Crippen LogP contribution in [-0.4, -0.2) is 30.3 Å². The van der Waals surface area contributed by atoms with Crippen LogP contribution in [0.4, 0.5) is 0 Å². The number of likely N-dealkylation sites (tertiary alicyclic amines) is 1. The van der Waals surface area contributed by atoms with Crippen LogP contribution in [0.3, 0.4) is 0 Å². The van der Waals surface area contributed by atoms with Gasteiger partial charge in [0.25, 0.3) is 0 Å². The summed E-state index contributed by atoms with van der Waals surface area (Å²) in [6.45, 7) is 9.01. The monoisotopic (exact) mass is 279 g/mol. The summed E-state index contributed by atoms with van der Waals surface area (Å²) in [5.74, 6) is 1.48. The van der Waals surface area contributed by atoms with E-state index in [9.17, 15) is 4.79 Å². The predicted octanol–water partition coefficient (Wildman–Crippen LogP) is 3.81. The number of hydrogen-bond donors (Lipinski definition) is 0. The van der Waals surface area contributed by atoms with Gasteiger partial charge in [0, 0.05) is 18.7 Å². The summed E-state index contributed by atoms with van der Waals surface area (Å²) < 4.78 is 0. The van der Waals surface area contributed by atoms with Gasteiger partial charge in [0.2, 0.25) is 0 Å². The standard InChI is InChI=1S/C16H22ClNO/c1-11-4-5-15(17)14(7-11)16(19)10-18-8-12(2)6-13(3)9-18/h4-5,7,12-13H,6,8-10H2,1-3H3.